The van der Waals surface area contributed by atoms with Crippen molar-refractivity contribution in [2.24, 2.45) is 0 Å². The molecule has 0 spiro atoms. The third-order valence-corrected chi connectivity index (χ3v) is 3.33. The minimum Gasteiger partial charge on any atom is -0.237 e. The van der Waals surface area contributed by atoms with Crippen molar-refractivity contribution in [2.45, 2.75) is 6.92 Å². The fourth-order valence-electron chi connectivity index (χ4n) is 2.35. The Labute approximate surface area is 120 Å². The van der Waals surface area contributed by atoms with Crippen molar-refractivity contribution in [3.05, 3.63) is 60.9 Å². The number of benzene rings is 1. The molecule has 6 nitrogen and oxygen atoms in total. The predicted octanol–water partition coefficient (Wildman–Crippen LogP) is 2.29. The van der Waals surface area contributed by atoms with Gasteiger partial charge in [0.25, 0.3) is 0 Å². The molecular formula is C15H12N6. The average molecular weight is 276 g/mol. The number of aryl methyl sites for hydroxylation is 1. The lowest BCUT2D eigenvalue weighted by atomic mass is 10.1. The van der Waals surface area contributed by atoms with E-state index in [9.17, 15) is 0 Å². The highest BCUT2D eigenvalue weighted by molar-refractivity contribution is 5.63. The van der Waals surface area contributed by atoms with Crippen LogP contribution >= 0.6 is 0 Å². The van der Waals surface area contributed by atoms with Crippen LogP contribution in [0, 0.1) is 6.92 Å². The molecule has 3 aromatic heterocycles. The van der Waals surface area contributed by atoms with Gasteiger partial charge in [0.1, 0.15) is 12.7 Å². The van der Waals surface area contributed by atoms with E-state index in [0.29, 0.717) is 0 Å². The number of hydrogen-bond acceptors (Lipinski definition) is 4. The molecule has 0 aliphatic rings. The maximum Gasteiger partial charge on any atom is 0.155 e. The van der Waals surface area contributed by atoms with Gasteiger partial charge in [0, 0.05) is 17.8 Å². The van der Waals surface area contributed by atoms with Crippen LogP contribution in [0.2, 0.25) is 0 Å². The van der Waals surface area contributed by atoms with E-state index in [1.54, 1.807) is 17.2 Å². The van der Waals surface area contributed by atoms with Crippen LogP contribution in [0.1, 0.15) is 5.69 Å². The van der Waals surface area contributed by atoms with Gasteiger partial charge >= 0.3 is 0 Å². The number of aromatic nitrogens is 6. The summed E-state index contributed by atoms with van der Waals surface area (Å²) in [6, 6.07) is 12.0. The third-order valence-electron chi connectivity index (χ3n) is 3.33. The summed E-state index contributed by atoms with van der Waals surface area (Å²) in [5, 5.41) is 8.61. The molecule has 6 heteroatoms. The fraction of sp³-hybridized carbons (Fsp3) is 0.0667. The molecule has 21 heavy (non-hydrogen) atoms. The minimum absolute atomic E-state index is 0.852. The van der Waals surface area contributed by atoms with Crippen molar-refractivity contribution >= 4 is 5.65 Å². The summed E-state index contributed by atoms with van der Waals surface area (Å²) in [6.07, 6.45) is 5.00. The van der Waals surface area contributed by atoms with E-state index in [-0.39, 0.29) is 0 Å². The average Bonchev–Trinajstić information content (AvgIpc) is 3.15. The third kappa shape index (κ3) is 1.97. The van der Waals surface area contributed by atoms with Crippen LogP contribution in [-0.2, 0) is 0 Å². The normalized spacial score (nSPS) is 11.1. The summed E-state index contributed by atoms with van der Waals surface area (Å²) in [4.78, 5) is 8.28. The topological polar surface area (TPSA) is 60.9 Å². The van der Waals surface area contributed by atoms with Crippen LogP contribution in [0.3, 0.4) is 0 Å². The second-order valence-electron chi connectivity index (χ2n) is 4.77. The molecule has 0 unspecified atom stereocenters. The van der Waals surface area contributed by atoms with Crippen molar-refractivity contribution in [3.8, 4) is 16.9 Å². The number of hydrogen-bond donors (Lipinski definition) is 0. The maximum atomic E-state index is 4.49. The molecular weight excluding hydrogens is 264 g/mol. The molecule has 0 radical (unpaired) electrons. The molecule has 102 valence electrons. The van der Waals surface area contributed by atoms with E-state index in [1.165, 1.54) is 6.33 Å². The van der Waals surface area contributed by atoms with Gasteiger partial charge in [-0.2, -0.15) is 10.2 Å². The first-order valence-corrected chi connectivity index (χ1v) is 6.58. The monoisotopic (exact) mass is 276 g/mol. The highest BCUT2D eigenvalue weighted by atomic mass is 15.3. The van der Waals surface area contributed by atoms with Gasteiger partial charge in [-0.1, -0.05) is 12.1 Å². The zero-order valence-electron chi connectivity index (χ0n) is 11.4. The Morgan fingerprint density at radius 3 is 2.67 bits per heavy atom. The van der Waals surface area contributed by atoms with Crippen molar-refractivity contribution < 1.29 is 0 Å². The summed E-state index contributed by atoms with van der Waals surface area (Å²) in [6.45, 7) is 1.96. The number of nitrogens with zero attached hydrogens (tertiary/aromatic N) is 6. The van der Waals surface area contributed by atoms with E-state index in [4.69, 9.17) is 0 Å². The quantitative estimate of drug-likeness (QED) is 0.563. The first kappa shape index (κ1) is 11.8. The second-order valence-corrected chi connectivity index (χ2v) is 4.77. The Morgan fingerprint density at radius 1 is 1.05 bits per heavy atom. The van der Waals surface area contributed by atoms with Gasteiger partial charge in [-0.05, 0) is 25.1 Å². The van der Waals surface area contributed by atoms with E-state index >= 15 is 0 Å². The minimum atomic E-state index is 0.852. The lowest BCUT2D eigenvalue weighted by Crippen LogP contribution is -1.97. The Hall–Kier alpha value is -3.02. The molecule has 4 rings (SSSR count). The number of rotatable bonds is 2. The van der Waals surface area contributed by atoms with E-state index < -0.39 is 0 Å². The van der Waals surface area contributed by atoms with Crippen molar-refractivity contribution in [1.29, 1.82) is 0 Å². The molecule has 0 amide bonds. The number of fused-ring (bicyclic) bond motifs is 1. The molecule has 4 aromatic rings. The Kier molecular flexibility index (Phi) is 2.53. The molecule has 3 heterocycles. The fourth-order valence-corrected chi connectivity index (χ4v) is 2.35. The van der Waals surface area contributed by atoms with Gasteiger partial charge < -0.3 is 0 Å². The lowest BCUT2D eigenvalue weighted by molar-refractivity contribution is 0.878. The first-order chi connectivity index (χ1) is 10.3. The van der Waals surface area contributed by atoms with Gasteiger partial charge in [-0.3, -0.25) is 0 Å². The van der Waals surface area contributed by atoms with Crippen LogP contribution in [0.5, 0.6) is 0 Å². The molecule has 1 aromatic carbocycles. The van der Waals surface area contributed by atoms with E-state index in [2.05, 4.69) is 20.2 Å². The van der Waals surface area contributed by atoms with Crippen molar-refractivity contribution in [2.75, 3.05) is 0 Å². The van der Waals surface area contributed by atoms with E-state index in [1.807, 2.05) is 47.8 Å². The zero-order chi connectivity index (χ0) is 14.2. The molecule has 0 fully saturated rings. The molecule has 0 aliphatic heterocycles. The molecule has 0 aliphatic carbocycles. The van der Waals surface area contributed by atoms with Gasteiger partial charge in [-0.15, -0.1) is 0 Å². The van der Waals surface area contributed by atoms with Crippen LogP contribution in [-0.4, -0.2) is 29.4 Å². The van der Waals surface area contributed by atoms with Crippen LogP contribution in [0.25, 0.3) is 22.6 Å². The summed E-state index contributed by atoms with van der Waals surface area (Å²) >= 11 is 0. The van der Waals surface area contributed by atoms with Gasteiger partial charge in [0.2, 0.25) is 0 Å². The largest absolute Gasteiger partial charge is 0.237 e. The standard InChI is InChI=1S/C15H12N6/c1-11-8-15-17-7-6-14(21(15)19-11)12-2-4-13(5-3-12)20-10-16-9-18-20/h2-10H,1H3. The highest BCUT2D eigenvalue weighted by Crippen LogP contribution is 2.21. The van der Waals surface area contributed by atoms with Crippen LogP contribution in [0.4, 0.5) is 0 Å². The summed E-state index contributed by atoms with van der Waals surface area (Å²) < 4.78 is 3.59. The smallest absolute Gasteiger partial charge is 0.155 e. The van der Waals surface area contributed by atoms with Gasteiger partial charge in [0.15, 0.2) is 5.65 Å². The van der Waals surface area contributed by atoms with E-state index in [0.717, 1.165) is 28.3 Å². The molecule has 0 atom stereocenters. The highest BCUT2D eigenvalue weighted by Gasteiger charge is 2.07. The first-order valence-electron chi connectivity index (χ1n) is 6.58. The summed E-state index contributed by atoms with van der Waals surface area (Å²) in [7, 11) is 0. The SMILES string of the molecule is Cc1cc2nccc(-c3ccc(-n4cncn4)cc3)n2n1. The Morgan fingerprint density at radius 2 is 1.90 bits per heavy atom. The molecule has 0 bridgehead atoms. The van der Waals surface area contributed by atoms with Gasteiger partial charge in [0.05, 0.1) is 17.1 Å². The maximum absolute atomic E-state index is 4.49. The Bertz CT molecular complexity index is 890. The summed E-state index contributed by atoms with van der Waals surface area (Å²) in [5.74, 6) is 0. The second kappa shape index (κ2) is 4.52. The van der Waals surface area contributed by atoms with Crippen LogP contribution in [0.15, 0.2) is 55.2 Å². The van der Waals surface area contributed by atoms with Crippen molar-refractivity contribution in [3.63, 3.8) is 0 Å². The van der Waals surface area contributed by atoms with Gasteiger partial charge in [-0.25, -0.2) is 19.2 Å². The molecule has 0 N–H and O–H groups in total. The Balaban J connectivity index is 1.82. The van der Waals surface area contributed by atoms with Crippen LogP contribution < -0.4 is 0 Å². The van der Waals surface area contributed by atoms with Crippen molar-refractivity contribution in [1.82, 2.24) is 29.4 Å². The lowest BCUT2D eigenvalue weighted by Gasteiger charge is -2.06. The molecule has 0 saturated heterocycles. The summed E-state index contributed by atoms with van der Waals surface area (Å²) in [5.41, 5.74) is 4.87. The molecule has 0 saturated carbocycles. The zero-order valence-corrected chi connectivity index (χ0v) is 11.4. The predicted molar refractivity (Wildman–Crippen MR) is 78.1 cm³/mol.